The molecule has 0 bridgehead atoms. The molecule has 4 rings (SSSR count). The molecule has 2 aliphatic heterocycles. The summed E-state index contributed by atoms with van der Waals surface area (Å²) in [6.07, 6.45) is 6.60. The Morgan fingerprint density at radius 1 is 1.06 bits per heavy atom. The molecule has 1 aromatic carbocycles. The van der Waals surface area contributed by atoms with E-state index in [1.807, 2.05) is 36.7 Å². The lowest BCUT2D eigenvalue weighted by molar-refractivity contribution is 1.02. The van der Waals surface area contributed by atoms with E-state index in [2.05, 4.69) is 16.0 Å². The molecule has 0 aliphatic carbocycles. The van der Waals surface area contributed by atoms with E-state index in [-0.39, 0.29) is 0 Å². The van der Waals surface area contributed by atoms with Gasteiger partial charge < -0.3 is 0 Å². The topological polar surface area (TPSA) is 37.6 Å². The molecule has 80 valence electrons. The third-order valence-corrected chi connectivity index (χ3v) is 3.18. The Kier molecular flexibility index (Phi) is 1.61. The summed E-state index contributed by atoms with van der Waals surface area (Å²) in [5, 5.41) is 3.34. The number of fused-ring (bicyclic) bond motifs is 4. The second kappa shape index (κ2) is 3.10. The van der Waals surface area contributed by atoms with Crippen LogP contribution in [0.25, 0.3) is 0 Å². The number of benzene rings is 1. The monoisotopic (exact) mass is 219 g/mol. The van der Waals surface area contributed by atoms with Crippen LogP contribution < -0.4 is 10.8 Å². The van der Waals surface area contributed by atoms with Crippen molar-refractivity contribution < 1.29 is 0 Å². The average Bonchev–Trinajstić information content (AvgIpc) is 2.78. The van der Waals surface area contributed by atoms with E-state index in [0.29, 0.717) is 0 Å². The van der Waals surface area contributed by atoms with Crippen LogP contribution in [0.4, 0.5) is 5.69 Å². The molecule has 0 radical (unpaired) electrons. The van der Waals surface area contributed by atoms with Gasteiger partial charge >= 0.3 is 0 Å². The molecule has 0 fully saturated rings. The lowest BCUT2D eigenvalue weighted by atomic mass is 10.1. The zero-order chi connectivity index (χ0) is 11.2. The lowest BCUT2D eigenvalue weighted by Gasteiger charge is -2.04. The van der Waals surface area contributed by atoms with Gasteiger partial charge in [0.1, 0.15) is 0 Å². The highest BCUT2D eigenvalue weighted by molar-refractivity contribution is 5.50. The van der Waals surface area contributed by atoms with Gasteiger partial charge in [-0.05, 0) is 12.5 Å². The molecule has 3 heterocycles. The van der Waals surface area contributed by atoms with Crippen LogP contribution in [0.1, 0.15) is 5.56 Å². The van der Waals surface area contributed by atoms with Crippen molar-refractivity contribution in [3.63, 3.8) is 0 Å². The fourth-order valence-corrected chi connectivity index (χ4v) is 2.37. The second-order valence-corrected chi connectivity index (χ2v) is 4.17. The summed E-state index contributed by atoms with van der Waals surface area (Å²) in [6, 6.07) is 8.18. The molecule has 2 aliphatic rings. The van der Waals surface area contributed by atoms with Gasteiger partial charge in [0, 0.05) is 28.4 Å². The number of hydrogen-bond donors (Lipinski definition) is 0. The van der Waals surface area contributed by atoms with Gasteiger partial charge in [0.15, 0.2) is 5.49 Å². The fraction of sp³-hybridized carbons (Fsp3) is 0.0714. The van der Waals surface area contributed by atoms with Crippen LogP contribution >= 0.6 is 0 Å². The van der Waals surface area contributed by atoms with Crippen molar-refractivity contribution >= 4 is 5.69 Å². The first-order chi connectivity index (χ1) is 8.43. The van der Waals surface area contributed by atoms with Crippen molar-refractivity contribution in [3.8, 4) is 0 Å². The van der Waals surface area contributed by atoms with Crippen molar-refractivity contribution in [2.24, 2.45) is 9.98 Å². The number of hydrogen-bond acceptors (Lipinski definition) is 3. The van der Waals surface area contributed by atoms with Crippen LogP contribution in [-0.2, 0) is 6.42 Å². The maximum absolute atomic E-state index is 4.69. The summed E-state index contributed by atoms with van der Waals surface area (Å²) in [5.41, 5.74) is 2.99. The Bertz CT molecular complexity index is 863. The first-order valence-corrected chi connectivity index (χ1v) is 5.62. The first-order valence-electron chi connectivity index (χ1n) is 5.62. The minimum Gasteiger partial charge on any atom is -0.247 e. The summed E-state index contributed by atoms with van der Waals surface area (Å²) in [5.74, 6) is 0. The highest BCUT2D eigenvalue weighted by Crippen LogP contribution is 2.21. The lowest BCUT2D eigenvalue weighted by Crippen LogP contribution is -2.15. The van der Waals surface area contributed by atoms with Crippen LogP contribution in [0.5, 0.6) is 0 Å². The molecule has 0 atom stereocenters. The minimum absolute atomic E-state index is 0.808. The van der Waals surface area contributed by atoms with E-state index in [1.54, 1.807) is 0 Å². The Balaban J connectivity index is 2.27. The zero-order valence-electron chi connectivity index (χ0n) is 9.09. The molecule has 0 saturated heterocycles. The van der Waals surface area contributed by atoms with Gasteiger partial charge in [-0.1, -0.05) is 24.3 Å². The van der Waals surface area contributed by atoms with Crippen LogP contribution in [0.15, 0.2) is 52.7 Å². The Morgan fingerprint density at radius 3 is 3.00 bits per heavy atom. The van der Waals surface area contributed by atoms with E-state index in [4.69, 9.17) is 4.99 Å². The number of rotatable bonds is 0. The SMILES string of the molecule is C1=CN=c2ncc3c(c2C1)N=c1ccccc1=3. The summed E-state index contributed by atoms with van der Waals surface area (Å²) in [6.45, 7) is 0. The molecule has 3 heteroatoms. The average molecular weight is 219 g/mol. The second-order valence-electron chi connectivity index (χ2n) is 4.17. The number of para-hydroxylation sites is 1. The largest absolute Gasteiger partial charge is 0.247 e. The third-order valence-electron chi connectivity index (χ3n) is 3.18. The van der Waals surface area contributed by atoms with Gasteiger partial charge in [0.05, 0.1) is 11.0 Å². The van der Waals surface area contributed by atoms with Crippen LogP contribution in [-0.4, -0.2) is 4.98 Å². The van der Waals surface area contributed by atoms with Crippen LogP contribution in [0.2, 0.25) is 0 Å². The standard InChI is InChI=1S/C14H9N3/c1-2-6-12-9(4-1)11-8-16-14-10(13(11)17-12)5-3-7-15-14/h1-4,6-8H,5H2. The van der Waals surface area contributed by atoms with Crippen molar-refractivity contribution in [1.82, 2.24) is 4.98 Å². The number of aromatic nitrogens is 1. The summed E-state index contributed by atoms with van der Waals surface area (Å²) >= 11 is 0. The normalized spacial score (nSPS) is 14.4. The molecule has 0 saturated carbocycles. The zero-order valence-corrected chi connectivity index (χ0v) is 9.09. The maximum atomic E-state index is 4.69. The van der Waals surface area contributed by atoms with Gasteiger partial charge in [0.2, 0.25) is 0 Å². The molecule has 2 aromatic rings. The Labute approximate surface area is 97.2 Å². The molecule has 0 amide bonds. The minimum atomic E-state index is 0.808. The number of allylic oxidation sites excluding steroid dienone is 1. The molecule has 0 spiro atoms. The van der Waals surface area contributed by atoms with Crippen molar-refractivity contribution in [2.45, 2.75) is 6.42 Å². The predicted molar refractivity (Wildman–Crippen MR) is 63.2 cm³/mol. The molecule has 17 heavy (non-hydrogen) atoms. The molecular weight excluding hydrogens is 210 g/mol. The molecular formula is C14H9N3. The Hall–Kier alpha value is -2.29. The quantitative estimate of drug-likeness (QED) is 0.562. The smallest absolute Gasteiger partial charge is 0.157 e. The Morgan fingerprint density at radius 2 is 2.00 bits per heavy atom. The van der Waals surface area contributed by atoms with Crippen LogP contribution in [0, 0.1) is 10.4 Å². The molecule has 0 unspecified atom stereocenters. The van der Waals surface area contributed by atoms with E-state index < -0.39 is 0 Å². The summed E-state index contributed by atoms with van der Waals surface area (Å²) in [7, 11) is 0. The number of nitrogens with zero attached hydrogens (tertiary/aromatic N) is 3. The molecule has 1 aromatic heterocycles. The van der Waals surface area contributed by atoms with Crippen molar-refractivity contribution in [1.29, 1.82) is 0 Å². The van der Waals surface area contributed by atoms with Crippen molar-refractivity contribution in [2.75, 3.05) is 0 Å². The van der Waals surface area contributed by atoms with Gasteiger partial charge in [0.25, 0.3) is 0 Å². The fourth-order valence-electron chi connectivity index (χ4n) is 2.37. The van der Waals surface area contributed by atoms with Gasteiger partial charge in [-0.25, -0.2) is 15.0 Å². The van der Waals surface area contributed by atoms with E-state index >= 15 is 0 Å². The maximum Gasteiger partial charge on any atom is 0.157 e. The molecule has 0 N–H and O–H groups in total. The van der Waals surface area contributed by atoms with E-state index in [1.165, 1.54) is 5.22 Å². The summed E-state index contributed by atoms with van der Waals surface area (Å²) < 4.78 is 0. The van der Waals surface area contributed by atoms with E-state index in [0.717, 1.165) is 33.7 Å². The summed E-state index contributed by atoms with van der Waals surface area (Å²) in [4.78, 5) is 13.4. The third kappa shape index (κ3) is 1.13. The molecule has 3 nitrogen and oxygen atoms in total. The predicted octanol–water partition coefficient (Wildman–Crippen LogP) is 1.32. The highest BCUT2D eigenvalue weighted by atomic mass is 14.9. The number of pyridine rings is 1. The van der Waals surface area contributed by atoms with Gasteiger partial charge in [-0.3, -0.25) is 0 Å². The van der Waals surface area contributed by atoms with E-state index in [9.17, 15) is 0 Å². The van der Waals surface area contributed by atoms with Gasteiger partial charge in [-0.2, -0.15) is 0 Å². The first kappa shape index (κ1) is 8.82. The van der Waals surface area contributed by atoms with Gasteiger partial charge in [-0.15, -0.1) is 0 Å². The van der Waals surface area contributed by atoms with Crippen LogP contribution in [0.3, 0.4) is 0 Å². The van der Waals surface area contributed by atoms with Crippen molar-refractivity contribution in [3.05, 3.63) is 69.6 Å². The highest BCUT2D eigenvalue weighted by Gasteiger charge is 2.12.